The largest absolute Gasteiger partial charge is 0.489 e. The van der Waals surface area contributed by atoms with Crippen molar-refractivity contribution in [3.05, 3.63) is 18.0 Å². The highest BCUT2D eigenvalue weighted by Crippen LogP contribution is 2.30. The number of hydrogen-bond donors (Lipinski definition) is 0. The molecular formula is C15H23NO4. The van der Waals surface area contributed by atoms with Crippen LogP contribution in [-0.4, -0.2) is 29.7 Å². The quantitative estimate of drug-likeness (QED) is 0.752. The van der Waals surface area contributed by atoms with Crippen LogP contribution in [0.15, 0.2) is 12.3 Å². The zero-order valence-electron chi connectivity index (χ0n) is 12.8. The monoisotopic (exact) mass is 281 g/mol. The number of ether oxygens (including phenoxy) is 2. The highest BCUT2D eigenvalue weighted by atomic mass is 16.5. The van der Waals surface area contributed by atoms with E-state index in [-0.39, 0.29) is 18.0 Å². The second-order valence-electron chi connectivity index (χ2n) is 4.76. The third-order valence-electron chi connectivity index (χ3n) is 3.40. The van der Waals surface area contributed by atoms with Gasteiger partial charge in [0.05, 0.1) is 24.8 Å². The van der Waals surface area contributed by atoms with Crippen molar-refractivity contribution in [1.82, 2.24) is 4.57 Å². The highest BCUT2D eigenvalue weighted by molar-refractivity contribution is 5.83. The van der Waals surface area contributed by atoms with Crippen molar-refractivity contribution >= 4 is 11.9 Å². The van der Waals surface area contributed by atoms with Crippen LogP contribution in [0.25, 0.3) is 0 Å². The summed E-state index contributed by atoms with van der Waals surface area (Å²) < 4.78 is 12.1. The summed E-state index contributed by atoms with van der Waals surface area (Å²) in [7, 11) is 1.33. The first-order valence-electron chi connectivity index (χ1n) is 6.92. The summed E-state index contributed by atoms with van der Waals surface area (Å²) >= 11 is 0. The van der Waals surface area contributed by atoms with Crippen LogP contribution >= 0.6 is 0 Å². The Labute approximate surface area is 119 Å². The molecule has 1 aromatic rings. The Morgan fingerprint density at radius 2 is 1.90 bits per heavy atom. The van der Waals surface area contributed by atoms with Gasteiger partial charge in [-0.2, -0.15) is 0 Å². The summed E-state index contributed by atoms with van der Waals surface area (Å²) in [5, 5.41) is 0. The first-order chi connectivity index (χ1) is 9.46. The molecule has 112 valence electrons. The molecule has 0 fully saturated rings. The standard InChI is InChI=1S/C15H23NO4/c1-6-12(7-2)20-13-8-9-16(11(4)17)14(13)10(3)15(18)19-5/h8-10,12H,6-7H2,1-5H3. The fraction of sp³-hybridized carbons (Fsp3) is 0.600. The molecule has 0 aliphatic carbocycles. The number of methoxy groups -OCH3 is 1. The molecule has 5 heteroatoms. The van der Waals surface area contributed by atoms with Crippen molar-refractivity contribution in [3.63, 3.8) is 0 Å². The fourth-order valence-corrected chi connectivity index (χ4v) is 2.15. The van der Waals surface area contributed by atoms with Gasteiger partial charge in [0.1, 0.15) is 5.75 Å². The highest BCUT2D eigenvalue weighted by Gasteiger charge is 2.26. The van der Waals surface area contributed by atoms with Crippen LogP contribution in [0.1, 0.15) is 56.9 Å². The van der Waals surface area contributed by atoms with Crippen LogP contribution in [0.3, 0.4) is 0 Å². The Morgan fingerprint density at radius 3 is 2.35 bits per heavy atom. The lowest BCUT2D eigenvalue weighted by atomic mass is 10.1. The normalized spacial score (nSPS) is 12.3. The Hall–Kier alpha value is -1.78. The number of rotatable bonds is 6. The van der Waals surface area contributed by atoms with Gasteiger partial charge in [-0.05, 0) is 25.8 Å². The third-order valence-corrected chi connectivity index (χ3v) is 3.40. The summed E-state index contributed by atoms with van der Waals surface area (Å²) in [6.07, 6.45) is 3.44. The molecule has 1 heterocycles. The minimum Gasteiger partial charge on any atom is -0.489 e. The van der Waals surface area contributed by atoms with Crippen molar-refractivity contribution in [2.75, 3.05) is 7.11 Å². The lowest BCUT2D eigenvalue weighted by Crippen LogP contribution is -2.20. The van der Waals surface area contributed by atoms with E-state index in [4.69, 9.17) is 9.47 Å². The summed E-state index contributed by atoms with van der Waals surface area (Å²) in [6.45, 7) is 7.24. The van der Waals surface area contributed by atoms with Gasteiger partial charge in [0.2, 0.25) is 5.91 Å². The van der Waals surface area contributed by atoms with Crippen LogP contribution in [0.2, 0.25) is 0 Å². The predicted molar refractivity (Wildman–Crippen MR) is 76.2 cm³/mol. The van der Waals surface area contributed by atoms with Crippen molar-refractivity contribution in [1.29, 1.82) is 0 Å². The molecule has 20 heavy (non-hydrogen) atoms. The van der Waals surface area contributed by atoms with Crippen molar-refractivity contribution < 1.29 is 19.1 Å². The van der Waals surface area contributed by atoms with Gasteiger partial charge in [-0.25, -0.2) is 0 Å². The maximum absolute atomic E-state index is 11.8. The van der Waals surface area contributed by atoms with Crippen LogP contribution in [0.5, 0.6) is 5.75 Å². The average molecular weight is 281 g/mol. The summed E-state index contributed by atoms with van der Waals surface area (Å²) in [5.74, 6) is -0.522. The SMILES string of the molecule is CCC(CC)Oc1ccn(C(C)=O)c1C(C)C(=O)OC. The molecule has 0 aliphatic heterocycles. The Kier molecular flexibility index (Phi) is 5.80. The fourth-order valence-electron chi connectivity index (χ4n) is 2.15. The van der Waals surface area contributed by atoms with E-state index in [9.17, 15) is 9.59 Å². The van der Waals surface area contributed by atoms with E-state index in [2.05, 4.69) is 0 Å². The second kappa shape index (κ2) is 7.12. The molecule has 0 aliphatic rings. The van der Waals surface area contributed by atoms with Crippen molar-refractivity contribution in [3.8, 4) is 5.75 Å². The summed E-state index contributed by atoms with van der Waals surface area (Å²) in [5.41, 5.74) is 0.552. The zero-order chi connectivity index (χ0) is 15.3. The van der Waals surface area contributed by atoms with Gasteiger partial charge in [-0.1, -0.05) is 13.8 Å². The Morgan fingerprint density at radius 1 is 1.30 bits per heavy atom. The summed E-state index contributed by atoms with van der Waals surface area (Å²) in [4.78, 5) is 23.4. The molecule has 5 nitrogen and oxygen atoms in total. The maximum atomic E-state index is 11.8. The molecule has 0 spiro atoms. The number of nitrogens with zero attached hydrogens (tertiary/aromatic N) is 1. The van der Waals surface area contributed by atoms with Gasteiger partial charge in [-0.15, -0.1) is 0 Å². The van der Waals surface area contributed by atoms with Gasteiger partial charge in [0.15, 0.2) is 0 Å². The molecule has 1 unspecified atom stereocenters. The van der Waals surface area contributed by atoms with E-state index in [0.29, 0.717) is 11.4 Å². The maximum Gasteiger partial charge on any atom is 0.314 e. The minimum absolute atomic E-state index is 0.0707. The number of hydrogen-bond acceptors (Lipinski definition) is 4. The van der Waals surface area contributed by atoms with Gasteiger partial charge >= 0.3 is 5.97 Å². The zero-order valence-corrected chi connectivity index (χ0v) is 12.8. The van der Waals surface area contributed by atoms with Gasteiger partial charge in [0, 0.05) is 13.1 Å². The number of aromatic nitrogens is 1. The molecule has 0 radical (unpaired) electrons. The smallest absolute Gasteiger partial charge is 0.314 e. The topological polar surface area (TPSA) is 57.5 Å². The van der Waals surface area contributed by atoms with Crippen molar-refractivity contribution in [2.45, 2.75) is 52.6 Å². The molecule has 1 atom stereocenters. The van der Waals surface area contributed by atoms with Gasteiger partial charge < -0.3 is 9.47 Å². The lowest BCUT2D eigenvalue weighted by Gasteiger charge is -2.19. The van der Waals surface area contributed by atoms with Crippen LogP contribution in [-0.2, 0) is 9.53 Å². The van der Waals surface area contributed by atoms with Crippen LogP contribution < -0.4 is 4.74 Å². The molecule has 0 N–H and O–H groups in total. The Balaban J connectivity index is 3.18. The van der Waals surface area contributed by atoms with Crippen molar-refractivity contribution in [2.24, 2.45) is 0 Å². The van der Waals surface area contributed by atoms with Crippen LogP contribution in [0.4, 0.5) is 0 Å². The van der Waals surface area contributed by atoms with Gasteiger partial charge in [-0.3, -0.25) is 14.2 Å². The van der Waals surface area contributed by atoms with E-state index in [1.54, 1.807) is 19.2 Å². The predicted octanol–water partition coefficient (Wildman–Crippen LogP) is 2.99. The Bertz CT molecular complexity index is 474. The number of esters is 1. The molecule has 0 saturated carbocycles. The number of carbonyl (C=O) groups excluding carboxylic acids is 2. The molecule has 0 bridgehead atoms. The first-order valence-corrected chi connectivity index (χ1v) is 6.92. The first kappa shape index (κ1) is 16.3. The lowest BCUT2D eigenvalue weighted by molar-refractivity contribution is -0.142. The molecular weight excluding hydrogens is 258 g/mol. The average Bonchev–Trinajstić information content (AvgIpc) is 2.86. The van der Waals surface area contributed by atoms with E-state index >= 15 is 0 Å². The number of carbonyl (C=O) groups is 2. The second-order valence-corrected chi connectivity index (χ2v) is 4.76. The van der Waals surface area contributed by atoms with E-state index in [0.717, 1.165) is 12.8 Å². The van der Waals surface area contributed by atoms with E-state index in [1.807, 2.05) is 13.8 Å². The summed E-state index contributed by atoms with van der Waals surface area (Å²) in [6, 6.07) is 1.73. The third kappa shape index (κ3) is 3.40. The van der Waals surface area contributed by atoms with Gasteiger partial charge in [0.25, 0.3) is 0 Å². The molecule has 0 aromatic carbocycles. The molecule has 1 rings (SSSR count). The minimum atomic E-state index is -0.553. The molecule has 1 aromatic heterocycles. The molecule has 0 amide bonds. The van der Waals surface area contributed by atoms with E-state index < -0.39 is 5.92 Å². The van der Waals surface area contributed by atoms with Crippen LogP contribution in [0, 0.1) is 0 Å². The van der Waals surface area contributed by atoms with E-state index in [1.165, 1.54) is 18.6 Å². The molecule has 0 saturated heterocycles.